The van der Waals surface area contributed by atoms with Gasteiger partial charge < -0.3 is 14.8 Å². The van der Waals surface area contributed by atoms with E-state index in [1.807, 2.05) is 42.5 Å². The molecular weight excluding hydrogens is 314 g/mol. The summed E-state index contributed by atoms with van der Waals surface area (Å²) in [6.45, 7) is 0.398. The second kappa shape index (κ2) is 8.44. The van der Waals surface area contributed by atoms with Crippen LogP contribution in [0, 0.1) is 0 Å². The number of para-hydroxylation sites is 1. The molecule has 2 rings (SSSR count). The van der Waals surface area contributed by atoms with Crippen LogP contribution >= 0.6 is 11.6 Å². The van der Waals surface area contributed by atoms with Crippen molar-refractivity contribution in [3.63, 3.8) is 0 Å². The zero-order chi connectivity index (χ0) is 16.7. The summed E-state index contributed by atoms with van der Waals surface area (Å²) in [7, 11) is 3.17. The van der Waals surface area contributed by atoms with Crippen LogP contribution in [0.4, 0.5) is 0 Å². The third-order valence-corrected chi connectivity index (χ3v) is 3.73. The molecule has 2 aromatic rings. The summed E-state index contributed by atoms with van der Waals surface area (Å²) >= 11 is 5.94. The fourth-order valence-corrected chi connectivity index (χ4v) is 2.54. The van der Waals surface area contributed by atoms with Crippen LogP contribution in [-0.4, -0.2) is 20.1 Å². The molecule has 23 heavy (non-hydrogen) atoms. The van der Waals surface area contributed by atoms with E-state index in [1.165, 1.54) is 0 Å². The molecule has 2 aromatic carbocycles. The molecule has 0 bridgehead atoms. The largest absolute Gasteiger partial charge is 0.493 e. The highest BCUT2D eigenvalue weighted by atomic mass is 35.5. The first-order valence-corrected chi connectivity index (χ1v) is 7.73. The zero-order valence-electron chi connectivity index (χ0n) is 13.3. The van der Waals surface area contributed by atoms with Gasteiger partial charge in [-0.1, -0.05) is 35.9 Å². The van der Waals surface area contributed by atoms with Gasteiger partial charge in [0, 0.05) is 23.6 Å². The second-order valence-corrected chi connectivity index (χ2v) is 5.50. The standard InChI is InChI=1S/C18H20ClNO3/c1-22-16-8-4-6-14(18(16)23-2)12-20-17(21)10-9-13-5-3-7-15(19)11-13/h3-8,11H,9-10,12H2,1-2H3,(H,20,21). The maximum absolute atomic E-state index is 12.0. The van der Waals surface area contributed by atoms with Crippen molar-refractivity contribution in [2.24, 2.45) is 0 Å². The molecule has 0 aliphatic heterocycles. The lowest BCUT2D eigenvalue weighted by molar-refractivity contribution is -0.121. The van der Waals surface area contributed by atoms with E-state index in [1.54, 1.807) is 14.2 Å². The summed E-state index contributed by atoms with van der Waals surface area (Å²) in [5, 5.41) is 3.59. The normalized spacial score (nSPS) is 10.2. The molecule has 122 valence electrons. The third kappa shape index (κ3) is 4.89. The van der Waals surface area contributed by atoms with E-state index in [4.69, 9.17) is 21.1 Å². The molecule has 0 radical (unpaired) electrons. The van der Waals surface area contributed by atoms with Crippen molar-refractivity contribution >= 4 is 17.5 Å². The van der Waals surface area contributed by atoms with Gasteiger partial charge in [0.15, 0.2) is 11.5 Å². The van der Waals surface area contributed by atoms with Gasteiger partial charge in [-0.05, 0) is 30.2 Å². The summed E-state index contributed by atoms with van der Waals surface area (Å²) in [6, 6.07) is 13.1. The molecule has 0 fully saturated rings. The summed E-state index contributed by atoms with van der Waals surface area (Å²) in [6.07, 6.45) is 1.06. The van der Waals surface area contributed by atoms with Crippen LogP contribution in [0.1, 0.15) is 17.5 Å². The molecule has 0 atom stereocenters. The first kappa shape index (κ1) is 17.2. The number of carbonyl (C=O) groups is 1. The van der Waals surface area contributed by atoms with Crippen LogP contribution in [-0.2, 0) is 17.8 Å². The lowest BCUT2D eigenvalue weighted by atomic mass is 10.1. The van der Waals surface area contributed by atoms with E-state index in [9.17, 15) is 4.79 Å². The van der Waals surface area contributed by atoms with Crippen molar-refractivity contribution in [2.45, 2.75) is 19.4 Å². The smallest absolute Gasteiger partial charge is 0.220 e. The highest BCUT2D eigenvalue weighted by molar-refractivity contribution is 6.30. The van der Waals surface area contributed by atoms with E-state index < -0.39 is 0 Å². The predicted octanol–water partition coefficient (Wildman–Crippen LogP) is 3.61. The van der Waals surface area contributed by atoms with Gasteiger partial charge in [-0.3, -0.25) is 4.79 Å². The van der Waals surface area contributed by atoms with Crippen LogP contribution in [0.25, 0.3) is 0 Å². The Balaban J connectivity index is 1.89. The number of hydrogen-bond donors (Lipinski definition) is 1. The van der Waals surface area contributed by atoms with Crippen LogP contribution in [0.3, 0.4) is 0 Å². The molecule has 1 N–H and O–H groups in total. The lowest BCUT2D eigenvalue weighted by Gasteiger charge is -2.13. The minimum atomic E-state index is -0.0187. The van der Waals surface area contributed by atoms with E-state index in [2.05, 4.69) is 5.32 Å². The molecule has 0 heterocycles. The fourth-order valence-electron chi connectivity index (χ4n) is 2.33. The van der Waals surface area contributed by atoms with Gasteiger partial charge >= 0.3 is 0 Å². The first-order valence-electron chi connectivity index (χ1n) is 7.35. The minimum Gasteiger partial charge on any atom is -0.493 e. The molecule has 0 aromatic heterocycles. The first-order chi connectivity index (χ1) is 11.1. The zero-order valence-corrected chi connectivity index (χ0v) is 14.0. The van der Waals surface area contributed by atoms with Gasteiger partial charge in [-0.15, -0.1) is 0 Å². The molecule has 0 aliphatic carbocycles. The number of aryl methyl sites for hydroxylation is 1. The maximum atomic E-state index is 12.0. The third-order valence-electron chi connectivity index (χ3n) is 3.49. The lowest BCUT2D eigenvalue weighted by Crippen LogP contribution is -2.23. The predicted molar refractivity (Wildman–Crippen MR) is 91.2 cm³/mol. The number of nitrogens with one attached hydrogen (secondary N) is 1. The molecule has 0 aliphatic rings. The van der Waals surface area contributed by atoms with Gasteiger partial charge in [0.25, 0.3) is 0 Å². The van der Waals surface area contributed by atoms with Crippen molar-refractivity contribution in [2.75, 3.05) is 14.2 Å². The Morgan fingerprint density at radius 2 is 1.91 bits per heavy atom. The molecule has 4 nitrogen and oxygen atoms in total. The van der Waals surface area contributed by atoms with Crippen molar-refractivity contribution in [3.05, 3.63) is 58.6 Å². The number of carbonyl (C=O) groups excluding carboxylic acids is 1. The van der Waals surface area contributed by atoms with Crippen LogP contribution in [0.5, 0.6) is 11.5 Å². The maximum Gasteiger partial charge on any atom is 0.220 e. The average molecular weight is 334 g/mol. The number of methoxy groups -OCH3 is 2. The Kier molecular flexibility index (Phi) is 6.29. The van der Waals surface area contributed by atoms with Gasteiger partial charge in [0.2, 0.25) is 5.91 Å². The summed E-state index contributed by atoms with van der Waals surface area (Å²) in [5.74, 6) is 1.28. The molecule has 0 saturated carbocycles. The van der Waals surface area contributed by atoms with E-state index in [-0.39, 0.29) is 5.91 Å². The van der Waals surface area contributed by atoms with Crippen molar-refractivity contribution in [3.8, 4) is 11.5 Å². The molecular formula is C18H20ClNO3. The topological polar surface area (TPSA) is 47.6 Å². The van der Waals surface area contributed by atoms with Crippen LogP contribution < -0.4 is 14.8 Å². The fraction of sp³-hybridized carbons (Fsp3) is 0.278. The number of benzene rings is 2. The Labute approximate surface area is 141 Å². The molecule has 1 amide bonds. The molecule has 0 unspecified atom stereocenters. The van der Waals surface area contributed by atoms with Crippen molar-refractivity contribution in [1.29, 1.82) is 0 Å². The highest BCUT2D eigenvalue weighted by Crippen LogP contribution is 2.30. The van der Waals surface area contributed by atoms with E-state index in [0.29, 0.717) is 35.9 Å². The molecule has 5 heteroatoms. The number of halogens is 1. The summed E-state index contributed by atoms with van der Waals surface area (Å²) in [5.41, 5.74) is 1.93. The highest BCUT2D eigenvalue weighted by Gasteiger charge is 2.10. The van der Waals surface area contributed by atoms with Crippen molar-refractivity contribution < 1.29 is 14.3 Å². The molecule has 0 spiro atoms. The van der Waals surface area contributed by atoms with E-state index >= 15 is 0 Å². The average Bonchev–Trinajstić information content (AvgIpc) is 2.57. The van der Waals surface area contributed by atoms with Gasteiger partial charge in [0.05, 0.1) is 14.2 Å². The Bertz CT molecular complexity index is 673. The Morgan fingerprint density at radius 1 is 1.13 bits per heavy atom. The SMILES string of the molecule is COc1cccc(CNC(=O)CCc2cccc(Cl)c2)c1OC. The number of amides is 1. The minimum absolute atomic E-state index is 0.0187. The summed E-state index contributed by atoms with van der Waals surface area (Å²) < 4.78 is 10.6. The second-order valence-electron chi connectivity index (χ2n) is 5.06. The van der Waals surface area contributed by atoms with Gasteiger partial charge in [0.1, 0.15) is 0 Å². The Morgan fingerprint density at radius 3 is 2.61 bits per heavy atom. The van der Waals surface area contributed by atoms with E-state index in [0.717, 1.165) is 11.1 Å². The van der Waals surface area contributed by atoms with Gasteiger partial charge in [-0.25, -0.2) is 0 Å². The molecule has 0 saturated heterocycles. The monoisotopic (exact) mass is 333 g/mol. The van der Waals surface area contributed by atoms with Crippen LogP contribution in [0.2, 0.25) is 5.02 Å². The number of ether oxygens (including phenoxy) is 2. The van der Waals surface area contributed by atoms with Crippen LogP contribution in [0.15, 0.2) is 42.5 Å². The Hall–Kier alpha value is -2.20. The number of rotatable bonds is 7. The quantitative estimate of drug-likeness (QED) is 0.842. The van der Waals surface area contributed by atoms with Crippen molar-refractivity contribution in [1.82, 2.24) is 5.32 Å². The van der Waals surface area contributed by atoms with Gasteiger partial charge in [-0.2, -0.15) is 0 Å². The summed E-state index contributed by atoms with van der Waals surface area (Å²) in [4.78, 5) is 12.0. The number of hydrogen-bond acceptors (Lipinski definition) is 3.